The number of nitrogens with one attached hydrogen (secondary N) is 1. The number of benzene rings is 1. The van der Waals surface area contributed by atoms with Crippen molar-refractivity contribution in [2.75, 3.05) is 12.4 Å². The van der Waals surface area contributed by atoms with E-state index in [1.165, 1.54) is 13.2 Å². The summed E-state index contributed by atoms with van der Waals surface area (Å²) in [5, 5.41) is 12.7. The molecule has 102 valence electrons. The third-order valence-electron chi connectivity index (χ3n) is 2.50. The summed E-state index contributed by atoms with van der Waals surface area (Å²) in [6.07, 6.45) is 0. The molecular formula is C13H8Cl3N3O. The molecule has 0 aliphatic rings. The van der Waals surface area contributed by atoms with Gasteiger partial charge in [0.25, 0.3) is 0 Å². The van der Waals surface area contributed by atoms with Crippen LogP contribution in [0.15, 0.2) is 24.3 Å². The van der Waals surface area contributed by atoms with Crippen molar-refractivity contribution in [3.63, 3.8) is 0 Å². The Kier molecular flexibility index (Phi) is 4.56. The number of halogens is 3. The molecule has 1 heterocycles. The quantitative estimate of drug-likeness (QED) is 0.832. The van der Waals surface area contributed by atoms with Crippen molar-refractivity contribution in [2.24, 2.45) is 0 Å². The molecule has 7 heteroatoms. The van der Waals surface area contributed by atoms with Crippen LogP contribution in [0.3, 0.4) is 0 Å². The lowest BCUT2D eigenvalue weighted by atomic mass is 10.2. The van der Waals surface area contributed by atoms with Crippen molar-refractivity contribution in [3.05, 3.63) is 45.0 Å². The molecule has 0 spiro atoms. The molecular weight excluding hydrogens is 321 g/mol. The number of aromatic nitrogens is 1. The average molecular weight is 329 g/mol. The Hall–Kier alpha value is -1.67. The SMILES string of the molecule is COc1cccc(C#N)c1Nc1nc(Cl)c(Cl)cc1Cl. The molecule has 4 nitrogen and oxygen atoms in total. The third kappa shape index (κ3) is 2.91. The molecule has 1 aromatic carbocycles. The maximum Gasteiger partial charge on any atom is 0.151 e. The summed E-state index contributed by atoms with van der Waals surface area (Å²) < 4.78 is 5.21. The minimum atomic E-state index is 0.118. The summed E-state index contributed by atoms with van der Waals surface area (Å²) in [5.41, 5.74) is 0.860. The largest absolute Gasteiger partial charge is 0.495 e. The number of para-hydroxylation sites is 1. The monoisotopic (exact) mass is 327 g/mol. The van der Waals surface area contributed by atoms with Crippen LogP contribution >= 0.6 is 34.8 Å². The molecule has 20 heavy (non-hydrogen) atoms. The number of nitrogens with zero attached hydrogens (tertiary/aromatic N) is 2. The predicted molar refractivity (Wildman–Crippen MR) is 80.3 cm³/mol. The Balaban J connectivity index is 2.50. The number of hydrogen-bond donors (Lipinski definition) is 1. The maximum atomic E-state index is 9.14. The van der Waals surface area contributed by atoms with Crippen LogP contribution in [0.25, 0.3) is 0 Å². The van der Waals surface area contributed by atoms with E-state index in [-0.39, 0.29) is 15.2 Å². The summed E-state index contributed by atoms with van der Waals surface area (Å²) in [6, 6.07) is 8.62. The first-order chi connectivity index (χ1) is 9.56. The van der Waals surface area contributed by atoms with E-state index in [9.17, 15) is 0 Å². The Morgan fingerprint density at radius 3 is 2.65 bits per heavy atom. The number of hydrogen-bond acceptors (Lipinski definition) is 4. The van der Waals surface area contributed by atoms with Crippen LogP contribution in [-0.4, -0.2) is 12.1 Å². The van der Waals surface area contributed by atoms with Gasteiger partial charge in [-0.2, -0.15) is 5.26 Å². The summed E-state index contributed by atoms with van der Waals surface area (Å²) in [7, 11) is 1.51. The fraction of sp³-hybridized carbons (Fsp3) is 0.0769. The van der Waals surface area contributed by atoms with Crippen molar-refractivity contribution < 1.29 is 4.74 Å². The maximum absolute atomic E-state index is 9.14. The van der Waals surface area contributed by atoms with Gasteiger partial charge in [-0.05, 0) is 18.2 Å². The van der Waals surface area contributed by atoms with Crippen molar-refractivity contribution >= 4 is 46.3 Å². The molecule has 0 unspecified atom stereocenters. The highest BCUT2D eigenvalue weighted by Crippen LogP contribution is 2.35. The van der Waals surface area contributed by atoms with Gasteiger partial charge in [0.1, 0.15) is 22.7 Å². The molecule has 0 atom stereocenters. The highest BCUT2D eigenvalue weighted by molar-refractivity contribution is 6.43. The standard InChI is InChI=1S/C13H8Cl3N3O/c1-20-10-4-2-3-7(6-17)11(10)18-13-9(15)5-8(14)12(16)19-13/h2-5H,1H3,(H,18,19). The number of methoxy groups -OCH3 is 1. The first-order valence-electron chi connectivity index (χ1n) is 5.42. The minimum absolute atomic E-state index is 0.118. The third-order valence-corrected chi connectivity index (χ3v) is 3.46. The Bertz CT molecular complexity index is 698. The summed E-state index contributed by atoms with van der Waals surface area (Å²) in [5.74, 6) is 0.787. The lowest BCUT2D eigenvalue weighted by molar-refractivity contribution is 0.416. The smallest absolute Gasteiger partial charge is 0.151 e. The Morgan fingerprint density at radius 1 is 1.25 bits per heavy atom. The number of anilines is 2. The van der Waals surface area contributed by atoms with Gasteiger partial charge in [-0.3, -0.25) is 0 Å². The van der Waals surface area contributed by atoms with Crippen LogP contribution in [0, 0.1) is 11.3 Å². The van der Waals surface area contributed by atoms with Gasteiger partial charge in [0.15, 0.2) is 5.82 Å². The summed E-state index contributed by atoms with van der Waals surface area (Å²) in [4.78, 5) is 4.04. The molecule has 0 aliphatic heterocycles. The molecule has 1 aromatic heterocycles. The van der Waals surface area contributed by atoms with E-state index in [1.807, 2.05) is 0 Å². The van der Waals surface area contributed by atoms with Gasteiger partial charge in [-0.1, -0.05) is 40.9 Å². The number of ether oxygens (including phenoxy) is 1. The van der Waals surface area contributed by atoms with Gasteiger partial charge in [0.05, 0.1) is 22.7 Å². The molecule has 0 radical (unpaired) electrons. The molecule has 2 aromatic rings. The van der Waals surface area contributed by atoms with Crippen molar-refractivity contribution in [1.29, 1.82) is 5.26 Å². The lowest BCUT2D eigenvalue weighted by Gasteiger charge is -2.13. The second-order valence-electron chi connectivity index (χ2n) is 3.71. The summed E-state index contributed by atoms with van der Waals surface area (Å²) >= 11 is 17.7. The van der Waals surface area contributed by atoms with E-state index in [1.54, 1.807) is 18.2 Å². The van der Waals surface area contributed by atoms with Crippen LogP contribution in [0.4, 0.5) is 11.5 Å². The van der Waals surface area contributed by atoms with Crippen LogP contribution in [0.5, 0.6) is 5.75 Å². The van der Waals surface area contributed by atoms with Crippen molar-refractivity contribution in [2.45, 2.75) is 0 Å². The number of pyridine rings is 1. The number of nitriles is 1. The second kappa shape index (κ2) is 6.19. The van der Waals surface area contributed by atoms with Gasteiger partial charge in [-0.15, -0.1) is 0 Å². The Labute approximate surface area is 130 Å². The van der Waals surface area contributed by atoms with E-state index < -0.39 is 0 Å². The highest BCUT2D eigenvalue weighted by Gasteiger charge is 2.13. The molecule has 0 saturated carbocycles. The normalized spacial score (nSPS) is 9.95. The molecule has 0 fully saturated rings. The van der Waals surface area contributed by atoms with Gasteiger partial charge >= 0.3 is 0 Å². The minimum Gasteiger partial charge on any atom is -0.495 e. The van der Waals surface area contributed by atoms with E-state index >= 15 is 0 Å². The van der Waals surface area contributed by atoms with Gasteiger partial charge in [-0.25, -0.2) is 4.98 Å². The molecule has 0 aliphatic carbocycles. The summed E-state index contributed by atoms with van der Waals surface area (Å²) in [6.45, 7) is 0. The van der Waals surface area contributed by atoms with Crippen LogP contribution in [-0.2, 0) is 0 Å². The van der Waals surface area contributed by atoms with Gasteiger partial charge in [0, 0.05) is 0 Å². The zero-order chi connectivity index (χ0) is 14.7. The van der Waals surface area contributed by atoms with E-state index in [4.69, 9.17) is 44.8 Å². The molecule has 0 amide bonds. The highest BCUT2D eigenvalue weighted by atomic mass is 35.5. The van der Waals surface area contributed by atoms with Crippen molar-refractivity contribution in [3.8, 4) is 11.8 Å². The Morgan fingerprint density at radius 2 is 2.00 bits per heavy atom. The predicted octanol–water partition coefficient (Wildman–Crippen LogP) is 4.67. The molecule has 0 saturated heterocycles. The van der Waals surface area contributed by atoms with E-state index in [0.717, 1.165) is 0 Å². The van der Waals surface area contributed by atoms with E-state index in [0.29, 0.717) is 22.8 Å². The molecule has 2 rings (SSSR count). The van der Waals surface area contributed by atoms with Crippen molar-refractivity contribution in [1.82, 2.24) is 4.98 Å². The fourth-order valence-electron chi connectivity index (χ4n) is 1.57. The first kappa shape index (κ1) is 14.7. The number of rotatable bonds is 3. The second-order valence-corrected chi connectivity index (χ2v) is 4.88. The molecule has 1 N–H and O–H groups in total. The zero-order valence-electron chi connectivity index (χ0n) is 10.2. The van der Waals surface area contributed by atoms with Crippen LogP contribution in [0.1, 0.15) is 5.56 Å². The van der Waals surface area contributed by atoms with Gasteiger partial charge in [0.2, 0.25) is 0 Å². The topological polar surface area (TPSA) is 57.9 Å². The van der Waals surface area contributed by atoms with Crippen LogP contribution < -0.4 is 10.1 Å². The average Bonchev–Trinajstić information content (AvgIpc) is 2.44. The lowest BCUT2D eigenvalue weighted by Crippen LogP contribution is -2.00. The van der Waals surface area contributed by atoms with Gasteiger partial charge < -0.3 is 10.1 Å². The molecule has 0 bridgehead atoms. The fourth-order valence-corrected chi connectivity index (χ4v) is 2.12. The zero-order valence-corrected chi connectivity index (χ0v) is 12.5. The van der Waals surface area contributed by atoms with E-state index in [2.05, 4.69) is 16.4 Å². The van der Waals surface area contributed by atoms with Crippen LogP contribution in [0.2, 0.25) is 15.2 Å². The first-order valence-corrected chi connectivity index (χ1v) is 6.56.